The molecule has 6 aromatic carbocycles. The number of aliphatic hydroxyl groups excluding tert-OH is 5. The minimum Gasteiger partial charge on any atom is -0.493 e. The molecule has 18 rings (SSSR count). The predicted molar refractivity (Wildman–Crippen MR) is 565 cm³/mol. The molecule has 792 valence electrons. The molecule has 0 saturated carbocycles. The van der Waals surface area contributed by atoms with E-state index in [0.29, 0.717) is 35.0 Å². The van der Waals surface area contributed by atoms with E-state index in [-0.39, 0.29) is 150 Å². The number of fused-ring (bicyclic) bond motifs is 18. The molecule has 142 heavy (non-hydrogen) atoms. The quantitative estimate of drug-likeness (QED) is 0.0415. The van der Waals surface area contributed by atoms with E-state index in [1.54, 1.807) is 13.8 Å². The lowest BCUT2D eigenvalue weighted by Gasteiger charge is -2.47. The second-order valence-corrected chi connectivity index (χ2v) is 37.3. The fraction of sp³-hybridized carbons (Fsp3) is 0.695. The molecule has 12 aliphatic rings. The minimum atomic E-state index is -3.41. The Labute approximate surface area is 958 Å². The molecule has 0 amide bonds. The molecule has 6 saturated heterocycles. The Kier molecular flexibility index (Phi) is 16.6. The smallest absolute Gasteiger partial charge is 0.161 e. The van der Waals surface area contributed by atoms with Gasteiger partial charge in [-0.1, -0.05) is 110 Å². The first-order chi connectivity index (χ1) is 96.5. The van der Waals surface area contributed by atoms with Crippen molar-refractivity contribution in [3.8, 4) is 69.0 Å². The Morgan fingerprint density at radius 1 is 0.296 bits per heavy atom. The molecule has 0 spiro atoms. The normalized spacial score (nSPS) is 45.3. The molecular weight excluding hydrogens is 1790 g/mol. The van der Waals surface area contributed by atoms with Crippen LogP contribution in [0.15, 0.2) is 72.8 Å². The summed E-state index contributed by atoms with van der Waals surface area (Å²) in [6.45, 7) is -38.5. The zero-order valence-corrected chi connectivity index (χ0v) is 82.3. The fourth-order valence-electron chi connectivity index (χ4n) is 18.6. The van der Waals surface area contributed by atoms with Crippen molar-refractivity contribution in [2.75, 3.05) is 163 Å². The van der Waals surface area contributed by atoms with E-state index in [2.05, 4.69) is 0 Å². The number of rotatable bonds is 20. The molecule has 12 aliphatic heterocycles. The topological polar surface area (TPSA) is 252 Å². The Balaban J connectivity index is 0.000000208. The largest absolute Gasteiger partial charge is 0.493 e. The van der Waals surface area contributed by atoms with Gasteiger partial charge in [0.25, 0.3) is 0 Å². The van der Waals surface area contributed by atoms with Gasteiger partial charge in [-0.3, -0.25) is 29.4 Å². The summed E-state index contributed by atoms with van der Waals surface area (Å²) < 4.78 is 685. The average molecular weight is 2050 g/mol. The Morgan fingerprint density at radius 3 is 0.704 bits per heavy atom. The van der Waals surface area contributed by atoms with Crippen molar-refractivity contribution in [2.24, 2.45) is 69.0 Å². The van der Waals surface area contributed by atoms with E-state index < -0.39 is 390 Å². The molecule has 12 heterocycles. The highest BCUT2D eigenvalue weighted by molar-refractivity contribution is 5.55. The van der Waals surface area contributed by atoms with Crippen LogP contribution in [0.1, 0.15) is 393 Å². The van der Waals surface area contributed by atoms with Crippen molar-refractivity contribution in [1.29, 1.82) is 0 Å². The molecule has 6 fully saturated rings. The van der Waals surface area contributed by atoms with Gasteiger partial charge < -0.3 is 87.5 Å². The number of aliphatic hydroxyl groups is 6. The molecule has 0 aliphatic carbocycles. The van der Waals surface area contributed by atoms with Crippen LogP contribution in [0.5, 0.6) is 69.0 Å². The fourth-order valence-corrected chi connectivity index (χ4v) is 18.6. The van der Waals surface area contributed by atoms with E-state index in [9.17, 15) is 38.9 Å². The van der Waals surface area contributed by atoms with Crippen molar-refractivity contribution >= 4 is 0 Å². The lowest BCUT2D eigenvalue weighted by Crippen LogP contribution is -2.48. The van der Waals surface area contributed by atoms with Crippen LogP contribution in [-0.2, 0) is 38.2 Å². The number of ether oxygens (including phenoxy) is 12. The first-order valence-corrected chi connectivity index (χ1v) is 45.9. The van der Waals surface area contributed by atoms with Gasteiger partial charge in [-0.05, 0) is 324 Å². The maximum absolute atomic E-state index is 11.2. The number of piperidine rings is 6. The standard InChI is InChI=1S/4C20H31NO3.2C19H29NO3/c4*1-20(2,3)11-14-12-21-7-6-13-8-18(23-4)19(24-5)9-15(13)16(21)10-17(14)22;2*1-12(2)7-14-11-20-6-5-13-8-18(22-3)19(23-4)9-15(13)16(20)10-17(14)21/h4*8-9,14,16-17,22H,6-7,10-12H2,1-5H3;2*8-9,12,14,16-17,21H,5-7,10-11H2,1-4H3/i2*1D3,2D3,5D3,6D2,7D2,11D2,16D;2*1D3,2D3,6D2,7D2,11D2,16D;5D2,6D2,10D2,14D,16D,17D;4D3,5D2,6D2,16D. The van der Waals surface area contributed by atoms with Gasteiger partial charge in [-0.25, -0.2) is 0 Å². The summed E-state index contributed by atoms with van der Waals surface area (Å²) in [6, 6.07) is 0.323. The number of benzene rings is 6. The average Bonchev–Trinajstić information content (AvgIpc) is 0.650. The Morgan fingerprint density at radius 2 is 0.493 bits per heavy atom. The van der Waals surface area contributed by atoms with E-state index in [4.69, 9.17) is 151 Å². The van der Waals surface area contributed by atoms with Crippen molar-refractivity contribution in [3.63, 3.8) is 0 Å². The molecule has 6 aromatic rings. The summed E-state index contributed by atoms with van der Waals surface area (Å²) in [7, 11) is 2.67. The van der Waals surface area contributed by atoms with Gasteiger partial charge in [0.1, 0.15) is 0 Å². The Hall–Kier alpha value is -7.56. The third kappa shape index (κ3) is 27.1. The summed E-state index contributed by atoms with van der Waals surface area (Å²) >= 11 is 0. The van der Waals surface area contributed by atoms with Gasteiger partial charge in [-0.15, -0.1) is 0 Å². The maximum atomic E-state index is 11.2. The number of nitrogens with zero attached hydrogens (tertiary/aromatic N) is 6. The summed E-state index contributed by atoms with van der Waals surface area (Å²) in [6.07, 6.45) is -46.5. The summed E-state index contributed by atoms with van der Waals surface area (Å²) in [4.78, 5) is 4.51. The van der Waals surface area contributed by atoms with Crippen LogP contribution >= 0.6 is 0 Å². The highest BCUT2D eigenvalue weighted by Gasteiger charge is 2.48. The van der Waals surface area contributed by atoms with E-state index in [1.165, 1.54) is 92.2 Å². The predicted octanol–water partition coefficient (Wildman–Crippen LogP) is 19.7. The van der Waals surface area contributed by atoms with Crippen LogP contribution in [0.3, 0.4) is 0 Å². The van der Waals surface area contributed by atoms with Crippen molar-refractivity contribution in [3.05, 3.63) is 140 Å². The zero-order chi connectivity index (χ0) is 168. The minimum absolute atomic E-state index is 0.00368. The van der Waals surface area contributed by atoms with Crippen molar-refractivity contribution in [1.82, 2.24) is 29.4 Å². The highest BCUT2D eigenvalue weighted by Crippen LogP contribution is 2.53. The molecule has 18 unspecified atom stereocenters. The van der Waals surface area contributed by atoms with Gasteiger partial charge in [0.15, 0.2) is 69.0 Å². The molecule has 18 atom stereocenters. The molecule has 24 heteroatoms. The monoisotopic (exact) mass is 2050 g/mol. The van der Waals surface area contributed by atoms with E-state index in [0.717, 1.165) is 73.1 Å². The van der Waals surface area contributed by atoms with Crippen LogP contribution in [0.25, 0.3) is 0 Å². The second kappa shape index (κ2) is 48.2. The van der Waals surface area contributed by atoms with Crippen LogP contribution in [0.2, 0.25) is 0 Å². The lowest BCUT2D eigenvalue weighted by molar-refractivity contribution is -0.0259. The molecule has 0 bridgehead atoms. The van der Waals surface area contributed by atoms with Crippen LogP contribution in [0, 0.1) is 69.0 Å². The number of hydrogen-bond donors (Lipinski definition) is 6. The number of aryl methyl sites for hydroxylation is 6. The molecule has 0 aromatic heterocycles. The summed E-state index contributed by atoms with van der Waals surface area (Å²) in [5.74, 6) is -11.0. The Bertz CT molecular complexity index is 8270. The van der Waals surface area contributed by atoms with E-state index in [1.807, 2.05) is 13.8 Å². The maximum Gasteiger partial charge on any atom is 0.161 e. The molecular formula is C118H182N6O18. The SMILES string of the molecule is [2H]C([2H])([2H])Oc1cc2c(cc1OC)C([2H])([2H])C([2H])([2H])N1CC(C([2H])([2H])C(C)(C([2H])([2H])[2H])C([2H])([2H])[2H])C(O)CC21[2H].[2H]C([2H])([2H])Oc1cc2c(cc1OC)C([2H])([2H])C([2H])([2H])N1CC(C([2H])([2H])C(C)(C([2H])([2H])[2H])C([2H])([2H])[2H])C(O)CC21[2H].[2H]C([2H])([2H])Oc1cc2c(cc1OC)C([2H])([2H])C([2H])([2H])N1CC(CC(C)C)C(O)CC21[2H].[2H]C1(CC(C)C)CN2C([2H])([2H])C([2H])([2H])c3cc(OC)c(OC)cc3C2([2H])C([2H])([2H])C1([2H])O.[2H]C12CC(O)C(C([2H])([2H])C(C)(C([2H])([2H])[2H])C([2H])([2H])[2H])CN1C([2H])([2H])C([2H])([2H])c1cc(OC)c(OC)cc12.[2H]C12CC(O)C(C([2H])([2H])C(C)(C([2H])([2H])[2H])C([2H])([2H])[2H])CN1C([2H])([2H])C([2H])([2H])c1cc(OC)c(OC)cc12. The van der Waals surface area contributed by atoms with E-state index >= 15 is 0 Å². The van der Waals surface area contributed by atoms with Crippen molar-refractivity contribution in [2.45, 2.75) is 298 Å². The second-order valence-electron chi connectivity index (χ2n) is 37.3. The zero-order valence-electron chi connectivity index (χ0n) is 157. The lowest BCUT2D eigenvalue weighted by atomic mass is 9.75. The van der Waals surface area contributed by atoms with Crippen LogP contribution in [-0.4, -0.2) is 260 Å². The number of hydrogen-bond acceptors (Lipinski definition) is 24. The first-order valence-electron chi connectivity index (χ1n) is 83.4. The van der Waals surface area contributed by atoms with Crippen molar-refractivity contribution < 1.29 is 190 Å². The summed E-state index contributed by atoms with van der Waals surface area (Å²) in [5, 5.41) is 66.5. The van der Waals surface area contributed by atoms with Gasteiger partial charge in [0.2, 0.25) is 0 Å². The molecule has 24 nitrogen and oxygen atoms in total. The highest BCUT2D eigenvalue weighted by atomic mass is 16.5. The van der Waals surface area contributed by atoms with Gasteiger partial charge in [-0.2, -0.15) is 0 Å². The third-order valence-corrected chi connectivity index (χ3v) is 25.1. The van der Waals surface area contributed by atoms with Gasteiger partial charge in [0.05, 0.1) is 144 Å². The van der Waals surface area contributed by atoms with Gasteiger partial charge >= 0.3 is 0 Å². The summed E-state index contributed by atoms with van der Waals surface area (Å²) in [5.41, 5.74) is -14.6. The van der Waals surface area contributed by atoms with Gasteiger partial charge in [0, 0.05) is 195 Å². The number of methoxy groups -OCH3 is 12. The molecule has 6 N–H and O–H groups in total. The van der Waals surface area contributed by atoms with Crippen LogP contribution < -0.4 is 56.8 Å². The first kappa shape index (κ1) is 48.8. The van der Waals surface area contributed by atoms with Crippen LogP contribution in [0.4, 0.5) is 0 Å². The third-order valence-electron chi connectivity index (χ3n) is 25.1. The molecule has 0 radical (unpaired) electrons.